The van der Waals surface area contributed by atoms with Gasteiger partial charge in [0.05, 0.1) is 0 Å². The zero-order valence-electron chi connectivity index (χ0n) is 7.12. The van der Waals surface area contributed by atoms with Gasteiger partial charge in [-0.1, -0.05) is 6.04 Å². The predicted molar refractivity (Wildman–Crippen MR) is 47.1 cm³/mol. The Morgan fingerprint density at radius 2 is 1.89 bits per heavy atom. The van der Waals surface area contributed by atoms with Gasteiger partial charge in [0.2, 0.25) is 0 Å². The minimum absolute atomic E-state index is 0.316. The molecule has 2 heteroatoms. The first-order chi connectivity index (χ1) is 4.06. The average molecular weight is 145 g/mol. The summed E-state index contributed by atoms with van der Waals surface area (Å²) < 4.78 is 0. The van der Waals surface area contributed by atoms with Crippen molar-refractivity contribution in [2.45, 2.75) is 38.8 Å². The van der Waals surface area contributed by atoms with Gasteiger partial charge in [-0.15, -0.1) is 0 Å². The maximum absolute atomic E-state index is 3.44. The molecule has 0 amide bonds. The van der Waals surface area contributed by atoms with Crippen LogP contribution >= 0.6 is 0 Å². The van der Waals surface area contributed by atoms with Crippen LogP contribution in [0.3, 0.4) is 0 Å². The summed E-state index contributed by atoms with van der Waals surface area (Å²) in [5, 5.41) is 3.44. The van der Waals surface area contributed by atoms with Crippen molar-refractivity contribution in [3.63, 3.8) is 0 Å². The summed E-state index contributed by atoms with van der Waals surface area (Å²) in [6, 6.07) is 1.42. The molecule has 0 aromatic heterocycles. The Morgan fingerprint density at radius 1 is 1.33 bits per heavy atom. The highest BCUT2D eigenvalue weighted by Gasteiger charge is 2.05. The number of hydrogen-bond acceptors (Lipinski definition) is 1. The molecule has 56 valence electrons. The molecular weight excluding hydrogens is 126 g/mol. The van der Waals surface area contributed by atoms with Gasteiger partial charge in [-0.05, 0) is 33.7 Å². The highest BCUT2D eigenvalue weighted by Crippen LogP contribution is 1.97. The lowest BCUT2D eigenvalue weighted by Gasteiger charge is -2.19. The maximum Gasteiger partial charge on any atom is 0.00965 e. The van der Waals surface area contributed by atoms with E-state index in [1.807, 2.05) is 0 Å². The summed E-state index contributed by atoms with van der Waals surface area (Å²) in [7, 11) is 1.35. The molecule has 0 aliphatic heterocycles. The second kappa shape index (κ2) is 4.07. The molecule has 0 saturated heterocycles. The normalized spacial score (nSPS) is 12.3. The third-order valence-electron chi connectivity index (χ3n) is 1.19. The Balaban J connectivity index is 3.07. The fraction of sp³-hybridized carbons (Fsp3) is 1.00. The molecule has 1 N–H and O–H groups in total. The SMILES string of the molecule is CC(C)(C)NCCC[SiH3]. The van der Waals surface area contributed by atoms with Crippen molar-refractivity contribution in [1.82, 2.24) is 5.32 Å². The van der Waals surface area contributed by atoms with Crippen LogP contribution in [0.1, 0.15) is 27.2 Å². The minimum Gasteiger partial charge on any atom is -0.312 e. The first-order valence-electron chi connectivity index (χ1n) is 3.81. The zero-order valence-corrected chi connectivity index (χ0v) is 9.12. The van der Waals surface area contributed by atoms with Crippen molar-refractivity contribution >= 4 is 10.2 Å². The number of rotatable bonds is 3. The molecule has 0 radical (unpaired) electrons. The zero-order chi connectivity index (χ0) is 7.33. The molecule has 0 fully saturated rings. The van der Waals surface area contributed by atoms with Crippen LogP contribution < -0.4 is 5.32 Å². The largest absolute Gasteiger partial charge is 0.312 e. The van der Waals surface area contributed by atoms with Gasteiger partial charge in [-0.3, -0.25) is 0 Å². The molecule has 0 atom stereocenters. The van der Waals surface area contributed by atoms with E-state index >= 15 is 0 Å². The topological polar surface area (TPSA) is 12.0 Å². The standard InChI is InChI=1S/C7H19NSi/c1-7(2,3)8-5-4-6-9/h8H,4-6H2,1-3,9H3. The fourth-order valence-corrected chi connectivity index (χ4v) is 0.994. The van der Waals surface area contributed by atoms with Crippen LogP contribution in [0, 0.1) is 0 Å². The summed E-state index contributed by atoms with van der Waals surface area (Å²) in [5.41, 5.74) is 0.316. The van der Waals surface area contributed by atoms with E-state index in [9.17, 15) is 0 Å². The molecule has 0 bridgehead atoms. The molecule has 0 saturated carbocycles. The van der Waals surface area contributed by atoms with E-state index < -0.39 is 0 Å². The van der Waals surface area contributed by atoms with Gasteiger partial charge in [0.15, 0.2) is 0 Å². The first-order valence-corrected chi connectivity index (χ1v) is 5.22. The highest BCUT2D eigenvalue weighted by molar-refractivity contribution is 6.08. The predicted octanol–water partition coefficient (Wildman–Crippen LogP) is 0.548. The summed E-state index contributed by atoms with van der Waals surface area (Å²) >= 11 is 0. The van der Waals surface area contributed by atoms with Crippen molar-refractivity contribution in [2.24, 2.45) is 0 Å². The lowest BCUT2D eigenvalue weighted by molar-refractivity contribution is 0.427. The van der Waals surface area contributed by atoms with Gasteiger partial charge < -0.3 is 5.32 Å². The summed E-state index contributed by atoms with van der Waals surface area (Å²) in [6.45, 7) is 7.81. The third-order valence-corrected chi connectivity index (χ3v) is 1.89. The van der Waals surface area contributed by atoms with Crippen LogP contribution in [0.15, 0.2) is 0 Å². The molecule has 0 unspecified atom stereocenters. The van der Waals surface area contributed by atoms with Crippen LogP contribution in [0.25, 0.3) is 0 Å². The van der Waals surface area contributed by atoms with Gasteiger partial charge in [0.1, 0.15) is 0 Å². The first kappa shape index (κ1) is 9.18. The molecule has 0 aromatic carbocycles. The van der Waals surface area contributed by atoms with Crippen molar-refractivity contribution < 1.29 is 0 Å². The highest BCUT2D eigenvalue weighted by atomic mass is 28.1. The van der Waals surface area contributed by atoms with Crippen molar-refractivity contribution in [3.05, 3.63) is 0 Å². The Bertz CT molecular complexity index is 65.8. The van der Waals surface area contributed by atoms with E-state index in [0.29, 0.717) is 5.54 Å². The molecule has 0 aliphatic rings. The van der Waals surface area contributed by atoms with Crippen LogP contribution in [0.4, 0.5) is 0 Å². The van der Waals surface area contributed by atoms with Crippen molar-refractivity contribution in [1.29, 1.82) is 0 Å². The smallest absolute Gasteiger partial charge is 0.00965 e. The van der Waals surface area contributed by atoms with Gasteiger partial charge >= 0.3 is 0 Å². The summed E-state index contributed by atoms with van der Waals surface area (Å²) in [5.74, 6) is 0. The van der Waals surface area contributed by atoms with Gasteiger partial charge in [-0.25, -0.2) is 0 Å². The molecule has 0 aromatic rings. The van der Waals surface area contributed by atoms with E-state index in [1.54, 1.807) is 0 Å². The van der Waals surface area contributed by atoms with E-state index in [4.69, 9.17) is 0 Å². The van der Waals surface area contributed by atoms with Crippen molar-refractivity contribution in [2.75, 3.05) is 6.54 Å². The fourth-order valence-electron chi connectivity index (χ4n) is 0.640. The number of hydrogen-bond donors (Lipinski definition) is 1. The van der Waals surface area contributed by atoms with Gasteiger partial charge in [-0.2, -0.15) is 0 Å². The lowest BCUT2D eigenvalue weighted by atomic mass is 10.1. The Hall–Kier alpha value is 0.177. The molecular formula is C7H19NSi. The number of nitrogens with one attached hydrogen (secondary N) is 1. The molecule has 9 heavy (non-hydrogen) atoms. The van der Waals surface area contributed by atoms with Crippen LogP contribution in [-0.4, -0.2) is 22.3 Å². The maximum atomic E-state index is 3.44. The van der Waals surface area contributed by atoms with Crippen molar-refractivity contribution in [3.8, 4) is 0 Å². The average Bonchev–Trinajstić information content (AvgIpc) is 1.63. The summed E-state index contributed by atoms with van der Waals surface area (Å²) in [4.78, 5) is 0. The molecule has 1 nitrogen and oxygen atoms in total. The second-order valence-corrected chi connectivity index (χ2v) is 4.53. The molecule has 0 heterocycles. The monoisotopic (exact) mass is 145 g/mol. The van der Waals surface area contributed by atoms with Crippen LogP contribution in [0.5, 0.6) is 0 Å². The van der Waals surface area contributed by atoms with Gasteiger partial charge in [0, 0.05) is 15.8 Å². The van der Waals surface area contributed by atoms with Gasteiger partial charge in [0.25, 0.3) is 0 Å². The molecule has 0 rings (SSSR count). The Morgan fingerprint density at radius 3 is 2.22 bits per heavy atom. The van der Waals surface area contributed by atoms with E-state index in [2.05, 4.69) is 26.1 Å². The quantitative estimate of drug-likeness (QED) is 0.452. The van der Waals surface area contributed by atoms with Crippen LogP contribution in [-0.2, 0) is 0 Å². The van der Waals surface area contributed by atoms with Crippen LogP contribution in [0.2, 0.25) is 6.04 Å². The van der Waals surface area contributed by atoms with E-state index in [0.717, 1.165) is 0 Å². The minimum atomic E-state index is 0.316. The lowest BCUT2D eigenvalue weighted by Crippen LogP contribution is -2.36. The Kier molecular flexibility index (Phi) is 4.15. The Labute approximate surface area is 61.6 Å². The third kappa shape index (κ3) is 8.18. The van der Waals surface area contributed by atoms with E-state index in [-0.39, 0.29) is 0 Å². The molecule has 0 spiro atoms. The second-order valence-electron chi connectivity index (χ2n) is 3.53. The summed E-state index contributed by atoms with van der Waals surface area (Å²) in [6.07, 6.45) is 1.35. The van der Waals surface area contributed by atoms with E-state index in [1.165, 1.54) is 29.3 Å². The molecule has 0 aliphatic carbocycles.